The van der Waals surface area contributed by atoms with Crippen LogP contribution in [-0.2, 0) is 20.8 Å². The van der Waals surface area contributed by atoms with Crippen LogP contribution in [0.1, 0.15) is 31.1 Å². The second-order valence-corrected chi connectivity index (χ2v) is 10.9. The summed E-state index contributed by atoms with van der Waals surface area (Å²) in [6, 6.07) is 8.39. The molecule has 13 heteroatoms. The summed E-state index contributed by atoms with van der Waals surface area (Å²) in [6.45, 7) is 4.01. The first-order chi connectivity index (χ1) is 19.4. The number of amides is 3. The smallest absolute Gasteiger partial charge is 0.336 e. The number of aromatic nitrogens is 3. The van der Waals surface area contributed by atoms with Crippen molar-refractivity contribution in [2.75, 3.05) is 6.54 Å². The van der Waals surface area contributed by atoms with Crippen LogP contribution in [0.4, 0.5) is 13.2 Å². The Morgan fingerprint density at radius 1 is 1.15 bits per heavy atom. The van der Waals surface area contributed by atoms with Gasteiger partial charge in [-0.3, -0.25) is 19.4 Å². The molecule has 1 aliphatic heterocycles. The second kappa shape index (κ2) is 10.4. The van der Waals surface area contributed by atoms with Gasteiger partial charge >= 0.3 is 12.1 Å². The summed E-state index contributed by atoms with van der Waals surface area (Å²) >= 11 is 0. The average Bonchev–Trinajstić information content (AvgIpc) is 3.27. The molecule has 0 radical (unpaired) electrons. The fourth-order valence-electron chi connectivity index (χ4n) is 5.86. The molecule has 3 heterocycles. The van der Waals surface area contributed by atoms with Crippen molar-refractivity contribution < 1.29 is 27.6 Å². The maximum Gasteiger partial charge on any atom is 0.471 e. The first-order valence-corrected chi connectivity index (χ1v) is 12.9. The molecule has 1 saturated carbocycles. The lowest BCUT2D eigenvalue weighted by atomic mass is 9.98. The van der Waals surface area contributed by atoms with Crippen LogP contribution in [0.25, 0.3) is 10.8 Å². The van der Waals surface area contributed by atoms with Crippen LogP contribution in [0, 0.1) is 28.6 Å². The number of piperidine rings is 1. The Morgan fingerprint density at radius 2 is 1.90 bits per heavy atom. The minimum Gasteiger partial charge on any atom is -0.336 e. The van der Waals surface area contributed by atoms with Crippen molar-refractivity contribution in [1.82, 2.24) is 30.7 Å². The Morgan fingerprint density at radius 3 is 2.59 bits per heavy atom. The molecule has 3 aromatic rings. The molecule has 5 rings (SSSR count). The maximum absolute atomic E-state index is 13.8. The molecule has 1 aromatic carbocycles. The van der Waals surface area contributed by atoms with Crippen molar-refractivity contribution in [2.24, 2.45) is 17.3 Å². The van der Waals surface area contributed by atoms with Crippen LogP contribution in [0.3, 0.4) is 0 Å². The third-order valence-electron chi connectivity index (χ3n) is 8.07. The van der Waals surface area contributed by atoms with E-state index in [0.717, 1.165) is 0 Å². The highest BCUT2D eigenvalue weighted by molar-refractivity contribution is 5.95. The van der Waals surface area contributed by atoms with Crippen LogP contribution >= 0.6 is 0 Å². The molecule has 1 unspecified atom stereocenters. The number of halogens is 3. The molecule has 0 spiro atoms. The average molecular weight is 566 g/mol. The quantitative estimate of drug-likeness (QED) is 0.448. The zero-order chi connectivity index (χ0) is 29.5. The highest BCUT2D eigenvalue weighted by Crippen LogP contribution is 2.65. The number of fused-ring (bicyclic) bond motifs is 2. The van der Waals surface area contributed by atoms with Gasteiger partial charge in [-0.2, -0.15) is 28.6 Å². The van der Waals surface area contributed by atoms with Crippen LogP contribution in [0.5, 0.6) is 0 Å². The monoisotopic (exact) mass is 565 g/mol. The predicted molar refractivity (Wildman–Crippen MR) is 138 cm³/mol. The zero-order valence-corrected chi connectivity index (χ0v) is 22.1. The SMILES string of the molecule is CC1(C)[C@@H]2[C@@H](C(=O)NC(C#N)c3nncc4ccccc34)N(C(=O)[C@H](Cc3cccnc3)NC(=O)C(F)(F)F)C[C@@H]21. The second-order valence-electron chi connectivity index (χ2n) is 10.9. The van der Waals surface area contributed by atoms with Gasteiger partial charge in [-0.15, -0.1) is 0 Å². The van der Waals surface area contributed by atoms with Gasteiger partial charge in [0.15, 0.2) is 6.04 Å². The van der Waals surface area contributed by atoms with Crippen molar-refractivity contribution in [3.63, 3.8) is 0 Å². The van der Waals surface area contributed by atoms with Crippen LogP contribution in [0.2, 0.25) is 0 Å². The number of likely N-dealkylation sites (tertiary alicyclic amines) is 1. The predicted octanol–water partition coefficient (Wildman–Crippen LogP) is 2.48. The normalized spacial score (nSPS) is 22.2. The molecule has 1 aliphatic carbocycles. The van der Waals surface area contributed by atoms with Crippen molar-refractivity contribution in [3.05, 3.63) is 66.2 Å². The van der Waals surface area contributed by atoms with E-state index in [4.69, 9.17) is 0 Å². The number of nitrogens with zero attached hydrogens (tertiary/aromatic N) is 5. The van der Waals surface area contributed by atoms with E-state index in [9.17, 15) is 32.8 Å². The van der Waals surface area contributed by atoms with Gasteiger partial charge in [0.05, 0.1) is 12.3 Å². The Balaban J connectivity index is 1.43. The number of nitrogens with one attached hydrogen (secondary N) is 2. The van der Waals surface area contributed by atoms with Gasteiger partial charge in [-0.05, 0) is 28.9 Å². The van der Waals surface area contributed by atoms with Gasteiger partial charge in [-0.25, -0.2) is 0 Å². The molecule has 212 valence electrons. The molecular weight excluding hydrogens is 539 g/mol. The lowest BCUT2D eigenvalue weighted by molar-refractivity contribution is -0.175. The molecule has 1 saturated heterocycles. The lowest BCUT2D eigenvalue weighted by Gasteiger charge is -2.33. The summed E-state index contributed by atoms with van der Waals surface area (Å²) in [5, 5.41) is 23.8. The number of rotatable bonds is 7. The van der Waals surface area contributed by atoms with Gasteiger partial charge < -0.3 is 15.5 Å². The minimum absolute atomic E-state index is 0.0857. The molecule has 2 fully saturated rings. The zero-order valence-electron chi connectivity index (χ0n) is 22.1. The van der Waals surface area contributed by atoms with Crippen LogP contribution in [0.15, 0.2) is 55.0 Å². The van der Waals surface area contributed by atoms with Crippen molar-refractivity contribution >= 4 is 28.5 Å². The Kier molecular flexibility index (Phi) is 7.10. The summed E-state index contributed by atoms with van der Waals surface area (Å²) in [5.74, 6) is -4.10. The molecule has 2 N–H and O–H groups in total. The van der Waals surface area contributed by atoms with Gasteiger partial charge in [-0.1, -0.05) is 44.2 Å². The van der Waals surface area contributed by atoms with E-state index in [1.165, 1.54) is 23.5 Å². The van der Waals surface area contributed by atoms with Crippen molar-refractivity contribution in [2.45, 2.75) is 44.6 Å². The number of nitriles is 1. The van der Waals surface area contributed by atoms with E-state index in [1.54, 1.807) is 41.7 Å². The first-order valence-electron chi connectivity index (χ1n) is 12.9. The first kappa shape index (κ1) is 27.9. The Bertz CT molecular complexity index is 1530. The molecule has 5 atom stereocenters. The number of carbonyl (C=O) groups excluding carboxylic acids is 3. The minimum atomic E-state index is -5.21. The molecule has 41 heavy (non-hydrogen) atoms. The summed E-state index contributed by atoms with van der Waals surface area (Å²) in [4.78, 5) is 44.5. The van der Waals surface area contributed by atoms with Crippen molar-refractivity contribution in [1.29, 1.82) is 5.26 Å². The topological polar surface area (TPSA) is 141 Å². The summed E-state index contributed by atoms with van der Waals surface area (Å²) in [6.07, 6.45) is -1.08. The lowest BCUT2D eigenvalue weighted by Crippen LogP contribution is -2.57. The third-order valence-corrected chi connectivity index (χ3v) is 8.07. The fraction of sp³-hybridized carbons (Fsp3) is 0.393. The number of carbonyl (C=O) groups is 3. The molecule has 2 aliphatic rings. The van der Waals surface area contributed by atoms with E-state index >= 15 is 0 Å². The van der Waals surface area contributed by atoms with E-state index in [1.807, 2.05) is 19.9 Å². The number of pyridine rings is 1. The van der Waals surface area contributed by atoms with Crippen LogP contribution < -0.4 is 10.6 Å². The van der Waals surface area contributed by atoms with E-state index in [2.05, 4.69) is 20.5 Å². The van der Waals surface area contributed by atoms with Crippen molar-refractivity contribution in [3.8, 4) is 6.07 Å². The molecular formula is C28H26F3N7O3. The number of alkyl halides is 3. The number of benzene rings is 1. The highest BCUT2D eigenvalue weighted by atomic mass is 19.4. The summed E-state index contributed by atoms with van der Waals surface area (Å²) in [7, 11) is 0. The Labute approximate surface area is 232 Å². The third kappa shape index (κ3) is 5.29. The highest BCUT2D eigenvalue weighted by Gasteiger charge is 2.69. The standard InChI is InChI=1S/C28H26F3N7O3/c1-27(2)18-14-38(25(40)19(36-26(41)28(29,30)31)10-15-6-5-9-33-12-15)23(21(18)27)24(39)35-20(11-32)22-17-8-4-3-7-16(17)13-34-37-22/h3-9,12-13,18-21,23H,10,14H2,1-2H3,(H,35,39)(H,36,41)/t18-,19-,20?,21-,23-/m0/s1. The molecule has 2 aromatic heterocycles. The van der Waals surface area contributed by atoms with Gasteiger partial charge in [0.25, 0.3) is 0 Å². The van der Waals surface area contributed by atoms with E-state index < -0.39 is 42.0 Å². The molecule has 10 nitrogen and oxygen atoms in total. The largest absolute Gasteiger partial charge is 0.471 e. The summed E-state index contributed by atoms with van der Waals surface area (Å²) in [5.41, 5.74) is 0.347. The molecule has 3 amide bonds. The van der Waals surface area contributed by atoms with Crippen LogP contribution in [-0.4, -0.2) is 62.6 Å². The van der Waals surface area contributed by atoms with Gasteiger partial charge in [0, 0.05) is 36.1 Å². The Hall–Kier alpha value is -4.60. The maximum atomic E-state index is 13.8. The number of hydrogen-bond acceptors (Lipinski definition) is 7. The molecule has 0 bridgehead atoms. The fourth-order valence-corrected chi connectivity index (χ4v) is 5.86. The van der Waals surface area contributed by atoms with Gasteiger partial charge in [0.2, 0.25) is 11.8 Å². The number of hydrogen-bond donors (Lipinski definition) is 2. The van der Waals surface area contributed by atoms with E-state index in [-0.39, 0.29) is 35.9 Å². The summed E-state index contributed by atoms with van der Waals surface area (Å²) < 4.78 is 39.5. The van der Waals surface area contributed by atoms with E-state index in [0.29, 0.717) is 16.3 Å². The van der Waals surface area contributed by atoms with Gasteiger partial charge in [0.1, 0.15) is 17.8 Å².